The Kier molecular flexibility index (Phi) is 11.2. The molecule has 40 heavy (non-hydrogen) atoms. The number of hydrogen-bond acceptors (Lipinski definition) is 7. The molecule has 0 radical (unpaired) electrons. The maximum atomic E-state index is 13.7. The van der Waals surface area contributed by atoms with Gasteiger partial charge in [-0.2, -0.15) is 17.9 Å². The Hall–Kier alpha value is -2.26. The summed E-state index contributed by atoms with van der Waals surface area (Å²) in [5, 5.41) is 5.33. The second-order valence-corrected chi connectivity index (χ2v) is 13.6. The summed E-state index contributed by atoms with van der Waals surface area (Å²) < 4.78 is 69.5. The molecular weight excluding hydrogens is 557 g/mol. The van der Waals surface area contributed by atoms with Crippen molar-refractivity contribution >= 4 is 33.5 Å². The van der Waals surface area contributed by atoms with Crippen LogP contribution in [0.5, 0.6) is 0 Å². The minimum atomic E-state index is -5.85. The van der Waals surface area contributed by atoms with Crippen LogP contribution in [0.25, 0.3) is 0 Å². The number of amides is 3. The molecule has 0 aromatic heterocycles. The first-order valence-electron chi connectivity index (χ1n) is 13.3. The van der Waals surface area contributed by atoms with Gasteiger partial charge in [-0.25, -0.2) is 8.42 Å². The molecule has 0 aromatic rings. The zero-order chi connectivity index (χ0) is 30.6. The quantitative estimate of drug-likeness (QED) is 0.325. The molecule has 2 aliphatic rings. The third kappa shape index (κ3) is 8.38. The lowest BCUT2D eigenvalue weighted by Crippen LogP contribution is -2.62. The molecule has 230 valence electrons. The largest absolute Gasteiger partial charge is 0.511 e. The predicted octanol–water partition coefficient (Wildman–Crippen LogP) is 1.33. The molecule has 1 unspecified atom stereocenters. The van der Waals surface area contributed by atoms with E-state index in [4.69, 9.17) is 4.74 Å². The van der Waals surface area contributed by atoms with Gasteiger partial charge >= 0.3 is 15.5 Å². The molecule has 0 spiro atoms. The van der Waals surface area contributed by atoms with E-state index in [1.165, 1.54) is 25.7 Å². The van der Waals surface area contributed by atoms with Crippen LogP contribution >= 0.6 is 0 Å². The van der Waals surface area contributed by atoms with Gasteiger partial charge in [0.25, 0.3) is 0 Å². The number of alkyl halides is 3. The van der Waals surface area contributed by atoms with Crippen LogP contribution in [0.3, 0.4) is 0 Å². The van der Waals surface area contributed by atoms with Crippen LogP contribution in [0.15, 0.2) is 0 Å². The first-order chi connectivity index (χ1) is 18.3. The van der Waals surface area contributed by atoms with Crippen molar-refractivity contribution in [2.45, 2.75) is 83.9 Å². The van der Waals surface area contributed by atoms with Crippen molar-refractivity contribution in [3.8, 4) is 0 Å². The lowest BCUT2D eigenvalue weighted by atomic mass is 9.73. The SMILES string of the molecule is COCC(=O)[C@H](C[C@@H]1CCNC1=O)NC(=O)[C@@H]1CC(C(C)(C)C)CCN1C(=O)[C@@H](NS(=O)(=O)C(F)(F)F)C(C)C. The van der Waals surface area contributed by atoms with E-state index in [1.807, 2.05) is 20.8 Å². The van der Waals surface area contributed by atoms with E-state index in [1.54, 1.807) is 0 Å². The third-order valence-corrected chi connectivity index (χ3v) is 8.78. The summed E-state index contributed by atoms with van der Waals surface area (Å²) in [6, 6.07) is -4.06. The van der Waals surface area contributed by atoms with Crippen molar-refractivity contribution in [2.24, 2.45) is 23.2 Å². The second-order valence-electron chi connectivity index (χ2n) is 11.9. The average Bonchev–Trinajstić information content (AvgIpc) is 3.24. The first kappa shape index (κ1) is 33.9. The third-order valence-electron chi connectivity index (χ3n) is 7.61. The van der Waals surface area contributed by atoms with Gasteiger partial charge in [-0.1, -0.05) is 34.6 Å². The van der Waals surface area contributed by atoms with Gasteiger partial charge in [0.15, 0.2) is 5.78 Å². The van der Waals surface area contributed by atoms with Crippen LogP contribution in [0, 0.1) is 23.2 Å². The summed E-state index contributed by atoms with van der Waals surface area (Å²) in [7, 11) is -4.54. The van der Waals surface area contributed by atoms with Crippen LogP contribution in [0.4, 0.5) is 13.2 Å². The van der Waals surface area contributed by atoms with Crippen LogP contribution in [0.1, 0.15) is 60.3 Å². The summed E-state index contributed by atoms with van der Waals surface area (Å²) in [5.74, 6) is -3.85. The van der Waals surface area contributed by atoms with E-state index < -0.39 is 63.1 Å². The molecule has 0 saturated carbocycles. The number of nitrogens with one attached hydrogen (secondary N) is 3. The van der Waals surface area contributed by atoms with E-state index in [9.17, 15) is 40.8 Å². The Bertz CT molecular complexity index is 1060. The Balaban J connectivity index is 2.39. The lowest BCUT2D eigenvalue weighted by Gasteiger charge is -2.44. The van der Waals surface area contributed by atoms with Gasteiger partial charge in [0.2, 0.25) is 17.7 Å². The predicted molar refractivity (Wildman–Crippen MR) is 139 cm³/mol. The molecule has 3 amide bonds. The summed E-state index contributed by atoms with van der Waals surface area (Å²) in [6.07, 6.45) is 1.07. The van der Waals surface area contributed by atoms with Gasteiger partial charge in [0, 0.05) is 26.1 Å². The number of ether oxygens (including phenoxy) is 1. The number of carbonyl (C=O) groups is 4. The molecule has 11 nitrogen and oxygen atoms in total. The van der Waals surface area contributed by atoms with Crippen molar-refractivity contribution in [1.29, 1.82) is 0 Å². The van der Waals surface area contributed by atoms with Crippen LogP contribution in [0.2, 0.25) is 0 Å². The van der Waals surface area contributed by atoms with Gasteiger partial charge in [0.05, 0.1) is 6.04 Å². The maximum absolute atomic E-state index is 13.7. The van der Waals surface area contributed by atoms with E-state index in [0.717, 1.165) is 4.90 Å². The number of piperidine rings is 1. The van der Waals surface area contributed by atoms with Crippen molar-refractivity contribution < 1.29 is 45.5 Å². The highest BCUT2D eigenvalue weighted by atomic mass is 32.2. The zero-order valence-electron chi connectivity index (χ0n) is 23.8. The highest BCUT2D eigenvalue weighted by Gasteiger charge is 2.50. The minimum Gasteiger partial charge on any atom is -0.377 e. The number of halogens is 3. The summed E-state index contributed by atoms with van der Waals surface area (Å²) >= 11 is 0. The molecule has 2 saturated heterocycles. The van der Waals surface area contributed by atoms with Crippen molar-refractivity contribution in [3.63, 3.8) is 0 Å². The Morgan fingerprint density at radius 2 is 1.77 bits per heavy atom. The van der Waals surface area contributed by atoms with E-state index in [2.05, 4.69) is 10.6 Å². The van der Waals surface area contributed by atoms with E-state index >= 15 is 0 Å². The highest BCUT2D eigenvalue weighted by Crippen LogP contribution is 2.37. The first-order valence-corrected chi connectivity index (χ1v) is 14.8. The Labute approximate surface area is 233 Å². The second kappa shape index (κ2) is 13.1. The molecule has 0 aromatic carbocycles. The van der Waals surface area contributed by atoms with Gasteiger partial charge < -0.3 is 20.3 Å². The number of methoxy groups -OCH3 is 1. The topological polar surface area (TPSA) is 151 Å². The molecule has 2 aliphatic heterocycles. The summed E-state index contributed by atoms with van der Waals surface area (Å²) in [4.78, 5) is 53.3. The molecule has 2 heterocycles. The van der Waals surface area contributed by atoms with Gasteiger partial charge in [-0.3, -0.25) is 19.2 Å². The zero-order valence-corrected chi connectivity index (χ0v) is 24.6. The number of nitrogens with zero attached hydrogens (tertiary/aromatic N) is 1. The molecule has 15 heteroatoms. The van der Waals surface area contributed by atoms with E-state index in [0.29, 0.717) is 19.4 Å². The van der Waals surface area contributed by atoms with Crippen molar-refractivity contribution in [3.05, 3.63) is 0 Å². The normalized spacial score (nSPS) is 24.0. The minimum absolute atomic E-state index is 0.00244. The van der Waals surface area contributed by atoms with Crippen LogP contribution < -0.4 is 15.4 Å². The molecule has 2 fully saturated rings. The fourth-order valence-electron chi connectivity index (χ4n) is 5.08. The van der Waals surface area contributed by atoms with Gasteiger partial charge in [-0.15, -0.1) is 0 Å². The molecule has 0 bridgehead atoms. The monoisotopic (exact) mass is 598 g/mol. The number of ketones is 1. The summed E-state index contributed by atoms with van der Waals surface area (Å²) in [6.45, 7) is 8.77. The van der Waals surface area contributed by atoms with Crippen molar-refractivity contribution in [1.82, 2.24) is 20.3 Å². The smallest absolute Gasteiger partial charge is 0.377 e. The number of Topliss-reactive ketones (excluding diaryl/α,β-unsaturated/α-hetero) is 1. The molecule has 2 rings (SSSR count). The number of rotatable bonds is 11. The number of hydrogen-bond donors (Lipinski definition) is 3. The molecule has 5 atom stereocenters. The van der Waals surface area contributed by atoms with Gasteiger partial charge in [-0.05, 0) is 42.9 Å². The molecule has 0 aliphatic carbocycles. The van der Waals surface area contributed by atoms with Gasteiger partial charge in [0.1, 0.15) is 18.7 Å². The lowest BCUT2D eigenvalue weighted by molar-refractivity contribution is -0.147. The number of likely N-dealkylation sites (tertiary alicyclic amines) is 1. The molecule has 3 N–H and O–H groups in total. The molecular formula is C25H41F3N4O7S. The Morgan fingerprint density at radius 1 is 1.15 bits per heavy atom. The Morgan fingerprint density at radius 3 is 2.25 bits per heavy atom. The van der Waals surface area contributed by atoms with Crippen molar-refractivity contribution in [2.75, 3.05) is 26.8 Å². The summed E-state index contributed by atoms with van der Waals surface area (Å²) in [5.41, 5.74) is -5.91. The number of carbonyl (C=O) groups excluding carboxylic acids is 4. The highest BCUT2D eigenvalue weighted by molar-refractivity contribution is 7.90. The average molecular weight is 599 g/mol. The fraction of sp³-hybridized carbons (Fsp3) is 0.840. The fourth-order valence-corrected chi connectivity index (χ4v) is 5.93. The van der Waals surface area contributed by atoms with Crippen LogP contribution in [-0.2, 0) is 33.9 Å². The van der Waals surface area contributed by atoms with E-state index in [-0.39, 0.29) is 43.2 Å². The maximum Gasteiger partial charge on any atom is 0.511 e. The van der Waals surface area contributed by atoms with Crippen LogP contribution in [-0.4, -0.2) is 87.3 Å². The standard InChI is InChI=1S/C25H41F3N4O7S/c1-14(2)20(31-40(37,38)25(26,27)28)23(36)32-10-8-16(24(3,4)5)12-18(32)22(35)30-17(19(33)13-39-6)11-15-7-9-29-21(15)34/h14-18,20,31H,7-13H2,1-6H3,(H,29,34)(H,30,35)/t15-,16?,17-,18-,20-/m0/s1. The number of sulfonamides is 1.